The highest BCUT2D eigenvalue weighted by atomic mass is 16.5. The van der Waals surface area contributed by atoms with Gasteiger partial charge in [0.1, 0.15) is 19.6 Å². The minimum Gasteiger partial charge on any atom is -0.376 e. The third-order valence-electron chi connectivity index (χ3n) is 3.56. The third kappa shape index (κ3) is 11.4. The van der Waals surface area contributed by atoms with Crippen molar-refractivity contribution in [2.45, 2.75) is 20.3 Å². The average Bonchev–Trinajstić information content (AvgIpc) is 2.28. The first-order valence-electron chi connectivity index (χ1n) is 7.62. The van der Waals surface area contributed by atoms with E-state index in [0.29, 0.717) is 0 Å². The molecular weight excluding hydrogens is 240 g/mol. The van der Waals surface area contributed by atoms with E-state index in [4.69, 9.17) is 9.47 Å². The van der Waals surface area contributed by atoms with Gasteiger partial charge in [-0.2, -0.15) is 0 Å². The van der Waals surface area contributed by atoms with E-state index in [-0.39, 0.29) is 0 Å². The van der Waals surface area contributed by atoms with Crippen LogP contribution in [-0.2, 0) is 9.47 Å². The van der Waals surface area contributed by atoms with Gasteiger partial charge in [-0.15, -0.1) is 0 Å². The summed E-state index contributed by atoms with van der Waals surface area (Å²) in [5.41, 5.74) is 0. The summed E-state index contributed by atoms with van der Waals surface area (Å²) in [6.07, 6.45) is 1.23. The zero-order valence-electron chi connectivity index (χ0n) is 14.1. The lowest BCUT2D eigenvalue weighted by atomic mass is 10.4. The normalized spacial score (nSPS) is 12.9. The molecule has 0 unspecified atom stereocenters. The lowest BCUT2D eigenvalue weighted by Gasteiger charge is -2.31. The van der Waals surface area contributed by atoms with E-state index in [9.17, 15) is 0 Å². The van der Waals surface area contributed by atoms with Crippen molar-refractivity contribution in [3.05, 3.63) is 0 Å². The fourth-order valence-corrected chi connectivity index (χ4v) is 2.01. The molecule has 0 heterocycles. The van der Waals surface area contributed by atoms with Crippen LogP contribution in [0.5, 0.6) is 0 Å². The first kappa shape index (κ1) is 18.8. The van der Waals surface area contributed by atoms with Gasteiger partial charge in [0.05, 0.1) is 54.6 Å². The molecule has 0 saturated heterocycles. The second kappa shape index (κ2) is 9.70. The lowest BCUT2D eigenvalue weighted by molar-refractivity contribution is -0.894. The first-order valence-corrected chi connectivity index (χ1v) is 7.62. The van der Waals surface area contributed by atoms with Crippen LogP contribution in [0.1, 0.15) is 20.3 Å². The number of ether oxygens (including phenoxy) is 2. The maximum Gasteiger partial charge on any atom is 0.102 e. The summed E-state index contributed by atoms with van der Waals surface area (Å²) in [5, 5.41) is 0. The monoisotopic (exact) mass is 276 g/mol. The Bertz CT molecular complexity index is 218. The van der Waals surface area contributed by atoms with Crippen LogP contribution in [0.15, 0.2) is 0 Å². The van der Waals surface area contributed by atoms with E-state index in [1.165, 1.54) is 13.0 Å². The minimum atomic E-state index is 0.806. The topological polar surface area (TPSA) is 18.5 Å². The van der Waals surface area contributed by atoms with E-state index in [0.717, 1.165) is 55.0 Å². The van der Waals surface area contributed by atoms with Crippen LogP contribution >= 0.6 is 0 Å². The highest BCUT2D eigenvalue weighted by Gasteiger charge is 2.16. The summed E-state index contributed by atoms with van der Waals surface area (Å²) >= 11 is 0. The highest BCUT2D eigenvalue weighted by Crippen LogP contribution is 2.00. The van der Waals surface area contributed by atoms with Crippen molar-refractivity contribution in [1.82, 2.24) is 0 Å². The largest absolute Gasteiger partial charge is 0.376 e. The van der Waals surface area contributed by atoms with Gasteiger partial charge in [0, 0.05) is 6.61 Å². The Balaban J connectivity index is 3.62. The summed E-state index contributed by atoms with van der Waals surface area (Å²) < 4.78 is 13.2. The van der Waals surface area contributed by atoms with Crippen LogP contribution < -0.4 is 0 Å². The molecule has 0 saturated carbocycles. The molecule has 4 nitrogen and oxygen atoms in total. The summed E-state index contributed by atoms with van der Waals surface area (Å²) in [6.45, 7) is 12.0. The van der Waals surface area contributed by atoms with Crippen LogP contribution in [0.4, 0.5) is 0 Å². The van der Waals surface area contributed by atoms with Crippen LogP contribution in [0, 0.1) is 0 Å². The van der Waals surface area contributed by atoms with Crippen LogP contribution in [0.25, 0.3) is 0 Å². The second-order valence-corrected chi connectivity index (χ2v) is 6.58. The van der Waals surface area contributed by atoms with Gasteiger partial charge in [0.25, 0.3) is 0 Å². The molecule has 0 N–H and O–H groups in total. The molecule has 0 aliphatic rings. The molecule has 0 rings (SSSR count). The van der Waals surface area contributed by atoms with Gasteiger partial charge in [0.15, 0.2) is 0 Å². The number of quaternary nitrogens is 2. The SMILES string of the molecule is CCC[N+](C)(C)CCOCC[N+](C)(C)CCOCC. The van der Waals surface area contributed by atoms with E-state index >= 15 is 0 Å². The summed E-state index contributed by atoms with van der Waals surface area (Å²) in [4.78, 5) is 0. The summed E-state index contributed by atoms with van der Waals surface area (Å²) in [5.74, 6) is 0. The van der Waals surface area contributed by atoms with Crippen molar-refractivity contribution in [3.63, 3.8) is 0 Å². The Hall–Kier alpha value is -0.160. The van der Waals surface area contributed by atoms with Gasteiger partial charge >= 0.3 is 0 Å². The van der Waals surface area contributed by atoms with E-state index in [2.05, 4.69) is 35.1 Å². The number of hydrogen-bond donors (Lipinski definition) is 0. The predicted molar refractivity (Wildman–Crippen MR) is 81.3 cm³/mol. The highest BCUT2D eigenvalue weighted by molar-refractivity contribution is 4.38. The molecule has 0 radical (unpaired) electrons. The molecule has 0 spiro atoms. The molecule has 0 aromatic rings. The number of nitrogens with zero attached hydrogens (tertiary/aromatic N) is 2. The van der Waals surface area contributed by atoms with Crippen molar-refractivity contribution in [1.29, 1.82) is 0 Å². The Morgan fingerprint density at radius 1 is 0.632 bits per heavy atom. The molecule has 0 aromatic carbocycles. The lowest BCUT2D eigenvalue weighted by Crippen LogP contribution is -2.45. The van der Waals surface area contributed by atoms with Crippen LogP contribution in [0.2, 0.25) is 0 Å². The predicted octanol–water partition coefficient (Wildman–Crippen LogP) is 1.60. The molecule has 0 atom stereocenters. The number of likely N-dealkylation sites (N-methyl/N-ethyl adjacent to an activating group) is 2. The maximum absolute atomic E-state index is 5.79. The van der Waals surface area contributed by atoms with Gasteiger partial charge in [-0.25, -0.2) is 0 Å². The first-order chi connectivity index (χ1) is 8.83. The summed E-state index contributed by atoms with van der Waals surface area (Å²) in [7, 11) is 9.02. The van der Waals surface area contributed by atoms with Gasteiger partial charge in [-0.3, -0.25) is 0 Å². The third-order valence-corrected chi connectivity index (χ3v) is 3.56. The number of hydrogen-bond acceptors (Lipinski definition) is 2. The smallest absolute Gasteiger partial charge is 0.102 e. The zero-order valence-corrected chi connectivity index (χ0v) is 14.1. The second-order valence-electron chi connectivity index (χ2n) is 6.58. The van der Waals surface area contributed by atoms with Crippen molar-refractivity contribution in [3.8, 4) is 0 Å². The van der Waals surface area contributed by atoms with E-state index < -0.39 is 0 Å². The molecule has 0 aromatic heterocycles. The molecule has 0 aliphatic heterocycles. The Kier molecular flexibility index (Phi) is 9.62. The zero-order chi connectivity index (χ0) is 14.8. The molecule has 0 bridgehead atoms. The van der Waals surface area contributed by atoms with E-state index in [1.807, 2.05) is 6.92 Å². The molecular formula is C15H36N2O2+2. The minimum absolute atomic E-state index is 0.806. The molecule has 19 heavy (non-hydrogen) atoms. The van der Waals surface area contributed by atoms with E-state index in [1.54, 1.807) is 0 Å². The van der Waals surface area contributed by atoms with Crippen molar-refractivity contribution < 1.29 is 18.4 Å². The molecule has 4 heteroatoms. The standard InChI is InChI=1S/C15H36N2O2/c1-7-9-16(3,4)11-14-19-15-12-17(5,6)10-13-18-8-2/h7-15H2,1-6H3/q+2. The van der Waals surface area contributed by atoms with Gasteiger partial charge in [-0.05, 0) is 13.3 Å². The Morgan fingerprint density at radius 3 is 1.47 bits per heavy atom. The van der Waals surface area contributed by atoms with Crippen molar-refractivity contribution in [2.75, 3.05) is 80.8 Å². The molecule has 0 fully saturated rings. The molecule has 0 aliphatic carbocycles. The van der Waals surface area contributed by atoms with Crippen LogP contribution in [0.3, 0.4) is 0 Å². The Labute approximate surface area is 120 Å². The fourth-order valence-electron chi connectivity index (χ4n) is 2.01. The van der Waals surface area contributed by atoms with Gasteiger partial charge < -0.3 is 18.4 Å². The molecule has 0 amide bonds. The quantitative estimate of drug-likeness (QED) is 0.398. The van der Waals surface area contributed by atoms with Gasteiger partial charge in [0.2, 0.25) is 0 Å². The van der Waals surface area contributed by atoms with Crippen molar-refractivity contribution in [2.24, 2.45) is 0 Å². The van der Waals surface area contributed by atoms with Crippen molar-refractivity contribution >= 4 is 0 Å². The molecule has 116 valence electrons. The summed E-state index contributed by atoms with van der Waals surface area (Å²) in [6, 6.07) is 0. The average molecular weight is 276 g/mol. The number of rotatable bonds is 12. The Morgan fingerprint density at radius 2 is 1.05 bits per heavy atom. The van der Waals surface area contributed by atoms with Crippen LogP contribution in [-0.4, -0.2) is 89.8 Å². The maximum atomic E-state index is 5.79. The fraction of sp³-hybridized carbons (Fsp3) is 1.00. The van der Waals surface area contributed by atoms with Gasteiger partial charge in [-0.1, -0.05) is 6.92 Å².